The van der Waals surface area contributed by atoms with Gasteiger partial charge in [-0.3, -0.25) is 0 Å². The standard InChI is InChI=1S/C10H12O4/c1-4-7-5-6(2)10(3,9(12)13)14-8(7)11/h4H,2,5H2,1,3H3,(H,12,13)/b7-4-. The first kappa shape index (κ1) is 10.5. The lowest BCUT2D eigenvalue weighted by molar-refractivity contribution is -0.171. The van der Waals surface area contributed by atoms with Crippen molar-refractivity contribution >= 4 is 11.9 Å². The van der Waals surface area contributed by atoms with E-state index in [1.165, 1.54) is 6.92 Å². The van der Waals surface area contributed by atoms with Crippen LogP contribution in [-0.4, -0.2) is 22.6 Å². The molecule has 0 amide bonds. The first-order valence-corrected chi connectivity index (χ1v) is 4.22. The van der Waals surface area contributed by atoms with E-state index in [-0.39, 0.29) is 6.42 Å². The highest BCUT2D eigenvalue weighted by Gasteiger charge is 2.44. The Bertz CT molecular complexity index is 340. The van der Waals surface area contributed by atoms with Crippen molar-refractivity contribution in [3.8, 4) is 0 Å². The molecule has 4 heteroatoms. The molecule has 1 aliphatic heterocycles. The molecule has 0 spiro atoms. The zero-order valence-electron chi connectivity index (χ0n) is 8.16. The van der Waals surface area contributed by atoms with Gasteiger partial charge >= 0.3 is 11.9 Å². The number of allylic oxidation sites excluding steroid dienone is 1. The van der Waals surface area contributed by atoms with Crippen LogP contribution in [0.4, 0.5) is 0 Å². The van der Waals surface area contributed by atoms with E-state index < -0.39 is 17.5 Å². The number of hydrogen-bond acceptors (Lipinski definition) is 3. The molecule has 1 fully saturated rings. The van der Waals surface area contributed by atoms with Gasteiger partial charge in [0.2, 0.25) is 5.60 Å². The lowest BCUT2D eigenvalue weighted by Crippen LogP contribution is -2.45. The van der Waals surface area contributed by atoms with Crippen molar-refractivity contribution in [3.63, 3.8) is 0 Å². The minimum atomic E-state index is -1.58. The first-order chi connectivity index (χ1) is 6.41. The van der Waals surface area contributed by atoms with E-state index in [9.17, 15) is 9.59 Å². The average Bonchev–Trinajstić information content (AvgIpc) is 2.11. The predicted molar refractivity (Wildman–Crippen MR) is 49.6 cm³/mol. The van der Waals surface area contributed by atoms with E-state index in [1.807, 2.05) is 0 Å². The van der Waals surface area contributed by atoms with Gasteiger partial charge in [0, 0.05) is 12.0 Å². The number of hydrogen-bond donors (Lipinski definition) is 1. The number of rotatable bonds is 1. The summed E-state index contributed by atoms with van der Waals surface area (Å²) in [5, 5.41) is 8.89. The monoisotopic (exact) mass is 196 g/mol. The third kappa shape index (κ3) is 1.43. The Hall–Kier alpha value is -1.58. The van der Waals surface area contributed by atoms with Gasteiger partial charge < -0.3 is 9.84 Å². The molecule has 1 N–H and O–H groups in total. The van der Waals surface area contributed by atoms with Crippen LogP contribution >= 0.6 is 0 Å². The molecule has 0 bridgehead atoms. The molecule has 14 heavy (non-hydrogen) atoms. The predicted octanol–water partition coefficient (Wildman–Crippen LogP) is 1.28. The van der Waals surface area contributed by atoms with Crippen molar-refractivity contribution in [2.45, 2.75) is 25.9 Å². The van der Waals surface area contributed by atoms with E-state index in [1.54, 1.807) is 13.0 Å². The van der Waals surface area contributed by atoms with E-state index in [0.29, 0.717) is 11.1 Å². The zero-order valence-corrected chi connectivity index (χ0v) is 8.16. The van der Waals surface area contributed by atoms with Gasteiger partial charge in [-0.25, -0.2) is 9.59 Å². The molecule has 0 aromatic carbocycles. The second-order valence-corrected chi connectivity index (χ2v) is 3.32. The lowest BCUT2D eigenvalue weighted by Gasteiger charge is -2.32. The van der Waals surface area contributed by atoms with Crippen molar-refractivity contribution in [1.29, 1.82) is 0 Å². The number of aliphatic carboxylic acids is 1. The summed E-state index contributed by atoms with van der Waals surface area (Å²) in [6, 6.07) is 0. The van der Waals surface area contributed by atoms with Crippen LogP contribution in [0.5, 0.6) is 0 Å². The average molecular weight is 196 g/mol. The highest BCUT2D eigenvalue weighted by molar-refractivity contribution is 5.95. The quantitative estimate of drug-likeness (QED) is 0.390. The van der Waals surface area contributed by atoms with Crippen molar-refractivity contribution < 1.29 is 19.4 Å². The smallest absolute Gasteiger partial charge is 0.352 e. The molecule has 1 rings (SSSR count). The minimum absolute atomic E-state index is 0.262. The summed E-state index contributed by atoms with van der Waals surface area (Å²) >= 11 is 0. The zero-order chi connectivity index (χ0) is 10.9. The summed E-state index contributed by atoms with van der Waals surface area (Å²) in [6.07, 6.45) is 1.87. The fraction of sp³-hybridized carbons (Fsp3) is 0.400. The van der Waals surface area contributed by atoms with Crippen molar-refractivity contribution in [2.24, 2.45) is 0 Å². The van der Waals surface area contributed by atoms with Gasteiger partial charge in [-0.1, -0.05) is 12.7 Å². The molecule has 1 unspecified atom stereocenters. The molecule has 1 heterocycles. The molecule has 0 aromatic rings. The number of carboxylic acid groups (broad SMARTS) is 1. The SMILES string of the molecule is C=C1C/C(=C/C)C(=O)OC1(C)C(=O)O. The normalized spacial score (nSPS) is 30.3. The molecule has 0 saturated carbocycles. The van der Waals surface area contributed by atoms with Crippen LogP contribution in [-0.2, 0) is 14.3 Å². The third-order valence-electron chi connectivity index (χ3n) is 2.39. The van der Waals surface area contributed by atoms with E-state index >= 15 is 0 Å². The Morgan fingerprint density at radius 1 is 1.71 bits per heavy atom. The maximum atomic E-state index is 11.3. The summed E-state index contributed by atoms with van der Waals surface area (Å²) in [5.74, 6) is -1.77. The number of esters is 1. The summed E-state index contributed by atoms with van der Waals surface area (Å²) in [5.41, 5.74) is -0.740. The second kappa shape index (κ2) is 3.29. The molecule has 1 atom stereocenters. The number of carbonyl (C=O) groups excluding carboxylic acids is 1. The van der Waals surface area contributed by atoms with Gasteiger partial charge in [0.05, 0.1) is 0 Å². The Balaban J connectivity index is 3.04. The van der Waals surface area contributed by atoms with Crippen molar-refractivity contribution in [2.75, 3.05) is 0 Å². The number of carbonyl (C=O) groups is 2. The maximum absolute atomic E-state index is 11.3. The summed E-state index contributed by atoms with van der Waals surface area (Å²) in [6.45, 7) is 6.66. The molecule has 0 aromatic heterocycles. The Kier molecular flexibility index (Phi) is 2.47. The fourth-order valence-electron chi connectivity index (χ4n) is 1.21. The molecule has 76 valence electrons. The molecular formula is C10H12O4. The number of cyclic esters (lactones) is 1. The van der Waals surface area contributed by atoms with E-state index in [4.69, 9.17) is 9.84 Å². The van der Waals surface area contributed by atoms with Gasteiger partial charge in [-0.15, -0.1) is 0 Å². The van der Waals surface area contributed by atoms with Crippen LogP contribution in [0.2, 0.25) is 0 Å². The second-order valence-electron chi connectivity index (χ2n) is 3.32. The van der Waals surface area contributed by atoms with Crippen LogP contribution < -0.4 is 0 Å². The Labute approximate surface area is 81.9 Å². The highest BCUT2D eigenvalue weighted by atomic mass is 16.6. The van der Waals surface area contributed by atoms with Gasteiger partial charge in [-0.05, 0) is 19.4 Å². The third-order valence-corrected chi connectivity index (χ3v) is 2.39. The Morgan fingerprint density at radius 3 is 2.71 bits per heavy atom. The highest BCUT2D eigenvalue weighted by Crippen LogP contribution is 2.32. The van der Waals surface area contributed by atoms with Gasteiger partial charge in [0.1, 0.15) is 0 Å². The largest absolute Gasteiger partial charge is 0.478 e. The van der Waals surface area contributed by atoms with Crippen LogP contribution in [0.25, 0.3) is 0 Å². The summed E-state index contributed by atoms with van der Waals surface area (Å²) in [4.78, 5) is 22.2. The molecular weight excluding hydrogens is 184 g/mol. The number of ether oxygens (including phenoxy) is 1. The van der Waals surface area contributed by atoms with Gasteiger partial charge in [0.15, 0.2) is 0 Å². The first-order valence-electron chi connectivity index (χ1n) is 4.22. The fourth-order valence-corrected chi connectivity index (χ4v) is 1.21. The maximum Gasteiger partial charge on any atom is 0.352 e. The van der Waals surface area contributed by atoms with Crippen molar-refractivity contribution in [1.82, 2.24) is 0 Å². The minimum Gasteiger partial charge on any atom is -0.478 e. The van der Waals surface area contributed by atoms with Gasteiger partial charge in [-0.2, -0.15) is 0 Å². The molecule has 0 radical (unpaired) electrons. The molecule has 0 aliphatic carbocycles. The van der Waals surface area contributed by atoms with Crippen LogP contribution in [0.15, 0.2) is 23.8 Å². The van der Waals surface area contributed by atoms with E-state index in [0.717, 1.165) is 0 Å². The molecule has 1 aliphatic rings. The van der Waals surface area contributed by atoms with Gasteiger partial charge in [0.25, 0.3) is 0 Å². The molecule has 1 saturated heterocycles. The van der Waals surface area contributed by atoms with E-state index in [2.05, 4.69) is 6.58 Å². The van der Waals surface area contributed by atoms with Crippen LogP contribution in [0, 0.1) is 0 Å². The number of carboxylic acids is 1. The topological polar surface area (TPSA) is 63.6 Å². The van der Waals surface area contributed by atoms with Crippen LogP contribution in [0.1, 0.15) is 20.3 Å². The lowest BCUT2D eigenvalue weighted by atomic mass is 9.88. The summed E-state index contributed by atoms with van der Waals surface area (Å²) in [7, 11) is 0. The van der Waals surface area contributed by atoms with Crippen LogP contribution in [0.3, 0.4) is 0 Å². The Morgan fingerprint density at radius 2 is 2.29 bits per heavy atom. The summed E-state index contributed by atoms with van der Waals surface area (Å²) < 4.78 is 4.84. The molecule has 4 nitrogen and oxygen atoms in total. The van der Waals surface area contributed by atoms with Crippen molar-refractivity contribution in [3.05, 3.63) is 23.8 Å².